The van der Waals surface area contributed by atoms with Gasteiger partial charge >= 0.3 is 0 Å². The number of aromatic nitrogens is 1. The number of benzene rings is 1. The van der Waals surface area contributed by atoms with Crippen molar-refractivity contribution in [2.24, 2.45) is 0 Å². The van der Waals surface area contributed by atoms with E-state index in [0.29, 0.717) is 0 Å². The fraction of sp³-hybridized carbons (Fsp3) is 0.111. The quantitative estimate of drug-likeness (QED) is 0.754. The summed E-state index contributed by atoms with van der Waals surface area (Å²) in [5.41, 5.74) is 2.41. The highest BCUT2D eigenvalue weighted by Gasteiger charge is 2.06. The summed E-state index contributed by atoms with van der Waals surface area (Å²) in [6, 6.07) is 6.14. The number of halogens is 2. The SMILES string of the molecule is Cc1c(Br)[nH]c2cccc(Br)c12. The Morgan fingerprint density at radius 3 is 2.67 bits per heavy atom. The highest BCUT2D eigenvalue weighted by molar-refractivity contribution is 9.11. The minimum absolute atomic E-state index is 1.06. The molecule has 0 saturated heterocycles. The predicted octanol–water partition coefficient (Wildman–Crippen LogP) is 4.00. The molecule has 2 aromatic rings. The van der Waals surface area contributed by atoms with E-state index in [0.717, 1.165) is 14.6 Å². The zero-order valence-electron chi connectivity index (χ0n) is 6.49. The molecule has 0 fully saturated rings. The van der Waals surface area contributed by atoms with E-state index in [1.807, 2.05) is 6.07 Å². The van der Waals surface area contributed by atoms with Crippen molar-refractivity contribution in [2.45, 2.75) is 6.92 Å². The van der Waals surface area contributed by atoms with Gasteiger partial charge in [-0.1, -0.05) is 22.0 Å². The van der Waals surface area contributed by atoms with E-state index in [-0.39, 0.29) is 0 Å². The van der Waals surface area contributed by atoms with E-state index < -0.39 is 0 Å². The second kappa shape index (κ2) is 2.89. The third-order valence-electron chi connectivity index (χ3n) is 1.96. The fourth-order valence-corrected chi connectivity index (χ4v) is 2.41. The van der Waals surface area contributed by atoms with Gasteiger partial charge in [-0.3, -0.25) is 0 Å². The Morgan fingerprint density at radius 2 is 2.00 bits per heavy atom. The first kappa shape index (κ1) is 8.32. The van der Waals surface area contributed by atoms with Crippen LogP contribution in [0.15, 0.2) is 27.3 Å². The maximum atomic E-state index is 3.52. The first-order valence-corrected chi connectivity index (χ1v) is 5.21. The lowest BCUT2D eigenvalue weighted by atomic mass is 10.2. The van der Waals surface area contributed by atoms with Crippen molar-refractivity contribution in [2.75, 3.05) is 0 Å². The summed E-state index contributed by atoms with van der Waals surface area (Å²) in [5.74, 6) is 0. The zero-order chi connectivity index (χ0) is 8.72. The molecule has 0 atom stereocenters. The molecule has 0 spiro atoms. The number of hydrogen-bond acceptors (Lipinski definition) is 0. The highest BCUT2D eigenvalue weighted by atomic mass is 79.9. The van der Waals surface area contributed by atoms with Crippen molar-refractivity contribution >= 4 is 42.8 Å². The van der Waals surface area contributed by atoms with Crippen LogP contribution < -0.4 is 0 Å². The minimum atomic E-state index is 1.06. The molecule has 1 aromatic heterocycles. The zero-order valence-corrected chi connectivity index (χ0v) is 9.66. The second-order valence-corrected chi connectivity index (χ2v) is 4.37. The van der Waals surface area contributed by atoms with Crippen LogP contribution in [0.25, 0.3) is 10.9 Å². The van der Waals surface area contributed by atoms with Gasteiger partial charge in [0.2, 0.25) is 0 Å². The van der Waals surface area contributed by atoms with Crippen LogP contribution in [0.4, 0.5) is 0 Å². The van der Waals surface area contributed by atoms with Gasteiger partial charge in [-0.25, -0.2) is 0 Å². The van der Waals surface area contributed by atoms with Crippen LogP contribution in [0.5, 0.6) is 0 Å². The van der Waals surface area contributed by atoms with Crippen LogP contribution in [0, 0.1) is 6.92 Å². The molecule has 2 rings (SSSR count). The largest absolute Gasteiger partial charge is 0.349 e. The molecule has 1 heterocycles. The standard InChI is InChI=1S/C9H7Br2N/c1-5-8-6(10)3-2-4-7(8)12-9(5)11/h2-4,12H,1H3. The molecule has 0 aliphatic heterocycles. The second-order valence-electron chi connectivity index (χ2n) is 2.73. The van der Waals surface area contributed by atoms with Gasteiger partial charge in [0.1, 0.15) is 0 Å². The number of rotatable bonds is 0. The number of aryl methyl sites for hydroxylation is 1. The average molecular weight is 289 g/mol. The first-order chi connectivity index (χ1) is 5.70. The molecule has 62 valence electrons. The maximum Gasteiger partial charge on any atom is 0.0861 e. The molecule has 1 aromatic carbocycles. The van der Waals surface area contributed by atoms with Crippen molar-refractivity contribution in [1.29, 1.82) is 0 Å². The molecule has 0 bridgehead atoms. The van der Waals surface area contributed by atoms with Crippen molar-refractivity contribution in [3.05, 3.63) is 32.8 Å². The van der Waals surface area contributed by atoms with E-state index in [1.165, 1.54) is 10.9 Å². The van der Waals surface area contributed by atoms with Crippen LogP contribution in [-0.2, 0) is 0 Å². The van der Waals surface area contributed by atoms with Crippen LogP contribution in [0.2, 0.25) is 0 Å². The molecule has 1 N–H and O–H groups in total. The van der Waals surface area contributed by atoms with Gasteiger partial charge in [0.25, 0.3) is 0 Å². The van der Waals surface area contributed by atoms with Gasteiger partial charge in [0.05, 0.1) is 4.60 Å². The topological polar surface area (TPSA) is 15.8 Å². The smallest absolute Gasteiger partial charge is 0.0861 e. The molecule has 0 aliphatic rings. The molecule has 0 amide bonds. The summed E-state index contributed by atoms with van der Waals surface area (Å²) >= 11 is 6.99. The Kier molecular flexibility index (Phi) is 2.00. The summed E-state index contributed by atoms with van der Waals surface area (Å²) in [6.45, 7) is 2.09. The summed E-state index contributed by atoms with van der Waals surface area (Å²) in [4.78, 5) is 3.25. The predicted molar refractivity (Wildman–Crippen MR) is 58.4 cm³/mol. The van der Waals surface area contributed by atoms with E-state index in [2.05, 4.69) is 55.9 Å². The van der Waals surface area contributed by atoms with E-state index in [4.69, 9.17) is 0 Å². The number of H-pyrrole nitrogens is 1. The Bertz CT molecular complexity index is 431. The van der Waals surface area contributed by atoms with E-state index >= 15 is 0 Å². The van der Waals surface area contributed by atoms with Crippen LogP contribution in [-0.4, -0.2) is 4.98 Å². The van der Waals surface area contributed by atoms with Gasteiger partial charge in [0, 0.05) is 15.4 Å². The molecule has 3 heteroatoms. The fourth-order valence-electron chi connectivity index (χ4n) is 1.33. The summed E-state index contributed by atoms with van der Waals surface area (Å²) < 4.78 is 2.20. The van der Waals surface area contributed by atoms with E-state index in [9.17, 15) is 0 Å². The molecule has 0 saturated carbocycles. The molecule has 0 aliphatic carbocycles. The van der Waals surface area contributed by atoms with Crippen LogP contribution in [0.1, 0.15) is 5.56 Å². The number of fused-ring (bicyclic) bond motifs is 1. The van der Waals surface area contributed by atoms with Crippen LogP contribution in [0.3, 0.4) is 0 Å². The minimum Gasteiger partial charge on any atom is -0.349 e. The molecule has 12 heavy (non-hydrogen) atoms. The molecule has 1 nitrogen and oxygen atoms in total. The summed E-state index contributed by atoms with van der Waals surface area (Å²) in [6.07, 6.45) is 0. The summed E-state index contributed by atoms with van der Waals surface area (Å²) in [5, 5.41) is 1.25. The molecular weight excluding hydrogens is 282 g/mol. The van der Waals surface area contributed by atoms with Crippen molar-refractivity contribution in [1.82, 2.24) is 4.98 Å². The Hall–Kier alpha value is -0.280. The molecule has 0 unspecified atom stereocenters. The van der Waals surface area contributed by atoms with Crippen LogP contribution >= 0.6 is 31.9 Å². The molecule has 0 radical (unpaired) electrons. The van der Waals surface area contributed by atoms with E-state index in [1.54, 1.807) is 0 Å². The monoisotopic (exact) mass is 287 g/mol. The maximum absolute atomic E-state index is 3.52. The lowest BCUT2D eigenvalue weighted by Gasteiger charge is -1.93. The summed E-state index contributed by atoms with van der Waals surface area (Å²) in [7, 11) is 0. The number of nitrogens with one attached hydrogen (secondary N) is 1. The average Bonchev–Trinajstić information content (AvgIpc) is 2.29. The molecular formula is C9H7Br2N. The Morgan fingerprint density at radius 1 is 1.25 bits per heavy atom. The third kappa shape index (κ3) is 1.12. The first-order valence-electron chi connectivity index (χ1n) is 3.62. The van der Waals surface area contributed by atoms with Gasteiger partial charge < -0.3 is 4.98 Å². The highest BCUT2D eigenvalue weighted by Crippen LogP contribution is 2.31. The van der Waals surface area contributed by atoms with Crippen molar-refractivity contribution < 1.29 is 0 Å². The Balaban J connectivity index is 2.97. The Labute approximate surface area is 87.4 Å². The van der Waals surface area contributed by atoms with Crippen molar-refractivity contribution in [3.63, 3.8) is 0 Å². The number of aromatic amines is 1. The van der Waals surface area contributed by atoms with Gasteiger partial charge in [0.15, 0.2) is 0 Å². The number of hydrogen-bond donors (Lipinski definition) is 1. The lowest BCUT2D eigenvalue weighted by molar-refractivity contribution is 1.36. The van der Waals surface area contributed by atoms with Gasteiger partial charge in [-0.2, -0.15) is 0 Å². The normalized spacial score (nSPS) is 10.9. The lowest BCUT2D eigenvalue weighted by Crippen LogP contribution is -1.70. The third-order valence-corrected chi connectivity index (χ3v) is 3.42. The van der Waals surface area contributed by atoms with Gasteiger partial charge in [-0.15, -0.1) is 0 Å². The van der Waals surface area contributed by atoms with Gasteiger partial charge in [-0.05, 0) is 40.5 Å². The van der Waals surface area contributed by atoms with Crippen molar-refractivity contribution in [3.8, 4) is 0 Å².